The molecule has 2 aromatic carbocycles. The normalized spacial score (nSPS) is 16.6. The number of hydrogen-bond donors (Lipinski definition) is 3. The lowest BCUT2D eigenvalue weighted by Gasteiger charge is -2.24. The summed E-state index contributed by atoms with van der Waals surface area (Å²) in [6.07, 6.45) is -0.0500. The fourth-order valence-electron chi connectivity index (χ4n) is 3.82. The maximum absolute atomic E-state index is 13.3. The third-order valence-corrected chi connectivity index (χ3v) is 7.70. The first kappa shape index (κ1) is 24.3. The first-order chi connectivity index (χ1) is 15.6. The molecule has 3 N–H and O–H groups in total. The molecule has 0 spiro atoms. The lowest BCUT2D eigenvalue weighted by atomic mass is 10.1. The third kappa shape index (κ3) is 5.91. The van der Waals surface area contributed by atoms with Gasteiger partial charge in [-0.1, -0.05) is 37.8 Å². The Balaban J connectivity index is 1.85. The van der Waals surface area contributed by atoms with Crippen molar-refractivity contribution in [2.45, 2.75) is 38.2 Å². The van der Waals surface area contributed by atoms with Crippen molar-refractivity contribution >= 4 is 30.9 Å². The van der Waals surface area contributed by atoms with E-state index in [4.69, 9.17) is 4.74 Å². The molecule has 0 aromatic heterocycles. The van der Waals surface area contributed by atoms with E-state index in [1.165, 1.54) is 4.90 Å². The highest BCUT2D eigenvalue weighted by Crippen LogP contribution is 2.22. The van der Waals surface area contributed by atoms with Gasteiger partial charge in [-0.25, -0.2) is 4.79 Å². The standard InChI is InChI=1S/C24H30N4O4Si/c1-32-20-8-5-16(6-9-20)22(27-24(31)28-12-11-19(29)15-28)23(30)26-18-7-10-21(33(2,3)4)17(13-18)14-25/h5-10,13,19,22,29H,11-12,15H2,1-4H3,(H,26,30)(H,27,31). The van der Waals surface area contributed by atoms with Crippen molar-refractivity contribution in [1.82, 2.24) is 10.2 Å². The van der Waals surface area contributed by atoms with E-state index in [2.05, 4.69) is 36.3 Å². The van der Waals surface area contributed by atoms with Crippen LogP contribution in [0.5, 0.6) is 5.75 Å². The molecule has 0 bridgehead atoms. The highest BCUT2D eigenvalue weighted by molar-refractivity contribution is 6.89. The molecule has 0 radical (unpaired) electrons. The number of rotatable bonds is 6. The second kappa shape index (κ2) is 10.1. The van der Waals surface area contributed by atoms with E-state index < -0.39 is 32.2 Å². The average molecular weight is 467 g/mol. The number of ether oxygens (including phenoxy) is 1. The van der Waals surface area contributed by atoms with Crippen molar-refractivity contribution in [1.29, 1.82) is 5.26 Å². The van der Waals surface area contributed by atoms with Gasteiger partial charge in [-0.3, -0.25) is 4.79 Å². The number of benzene rings is 2. The molecular weight excluding hydrogens is 436 g/mol. The van der Waals surface area contributed by atoms with Crippen molar-refractivity contribution in [3.05, 3.63) is 53.6 Å². The Morgan fingerprint density at radius 2 is 1.91 bits per heavy atom. The number of methoxy groups -OCH3 is 1. The lowest BCUT2D eigenvalue weighted by Crippen LogP contribution is -2.44. The van der Waals surface area contributed by atoms with Gasteiger partial charge in [-0.05, 0) is 41.4 Å². The van der Waals surface area contributed by atoms with Crippen molar-refractivity contribution in [3.63, 3.8) is 0 Å². The number of β-amino-alcohol motifs (C(OH)–C–C–N with tert-alkyl or cyclic N) is 1. The van der Waals surface area contributed by atoms with Crippen LogP contribution in [0.25, 0.3) is 0 Å². The minimum atomic E-state index is -1.72. The lowest BCUT2D eigenvalue weighted by molar-refractivity contribution is -0.118. The topological polar surface area (TPSA) is 115 Å². The van der Waals surface area contributed by atoms with Crippen LogP contribution in [-0.2, 0) is 4.79 Å². The zero-order chi connectivity index (χ0) is 24.2. The quantitative estimate of drug-likeness (QED) is 0.566. The highest BCUT2D eigenvalue weighted by Gasteiger charge is 2.30. The number of anilines is 1. The van der Waals surface area contributed by atoms with Crippen molar-refractivity contribution < 1.29 is 19.4 Å². The van der Waals surface area contributed by atoms with Gasteiger partial charge < -0.3 is 25.4 Å². The van der Waals surface area contributed by atoms with Gasteiger partial charge in [-0.15, -0.1) is 0 Å². The summed E-state index contributed by atoms with van der Waals surface area (Å²) in [5.41, 5.74) is 1.62. The predicted molar refractivity (Wildman–Crippen MR) is 129 cm³/mol. The molecule has 33 heavy (non-hydrogen) atoms. The first-order valence-corrected chi connectivity index (χ1v) is 14.4. The minimum Gasteiger partial charge on any atom is -0.497 e. The number of likely N-dealkylation sites (tertiary alicyclic amines) is 1. The van der Waals surface area contributed by atoms with E-state index in [0.29, 0.717) is 35.5 Å². The van der Waals surface area contributed by atoms with Crippen molar-refractivity contribution in [3.8, 4) is 11.8 Å². The molecule has 2 aromatic rings. The van der Waals surface area contributed by atoms with E-state index in [1.54, 1.807) is 43.5 Å². The maximum atomic E-state index is 13.3. The summed E-state index contributed by atoms with van der Waals surface area (Å²) in [6.45, 7) is 7.13. The van der Waals surface area contributed by atoms with Gasteiger partial charge in [0.15, 0.2) is 0 Å². The fourth-order valence-corrected chi connectivity index (χ4v) is 5.34. The maximum Gasteiger partial charge on any atom is 0.318 e. The van der Waals surface area contributed by atoms with Crippen LogP contribution >= 0.6 is 0 Å². The summed E-state index contributed by atoms with van der Waals surface area (Å²) >= 11 is 0. The second-order valence-electron chi connectivity index (χ2n) is 9.16. The Morgan fingerprint density at radius 3 is 2.45 bits per heavy atom. The van der Waals surface area contributed by atoms with Gasteiger partial charge in [0.1, 0.15) is 11.8 Å². The summed E-state index contributed by atoms with van der Waals surface area (Å²) in [5.74, 6) is 0.199. The second-order valence-corrected chi connectivity index (χ2v) is 14.2. The van der Waals surface area contributed by atoms with Crippen LogP contribution in [0.1, 0.15) is 23.6 Å². The molecule has 3 rings (SSSR count). The number of aliphatic hydroxyl groups is 1. The molecule has 0 saturated carbocycles. The van der Waals surface area contributed by atoms with Crippen LogP contribution in [0.15, 0.2) is 42.5 Å². The number of aliphatic hydroxyl groups excluding tert-OH is 1. The van der Waals surface area contributed by atoms with E-state index in [-0.39, 0.29) is 6.54 Å². The molecule has 2 unspecified atom stereocenters. The van der Waals surface area contributed by atoms with Crippen LogP contribution in [0, 0.1) is 11.3 Å². The SMILES string of the molecule is COc1ccc(C(NC(=O)N2CCC(O)C2)C(=O)Nc2ccc([Si](C)(C)C)c(C#N)c2)cc1. The van der Waals surface area contributed by atoms with Gasteiger partial charge in [0.2, 0.25) is 0 Å². The largest absolute Gasteiger partial charge is 0.497 e. The van der Waals surface area contributed by atoms with Gasteiger partial charge in [-0.2, -0.15) is 5.26 Å². The summed E-state index contributed by atoms with van der Waals surface area (Å²) in [4.78, 5) is 27.5. The monoisotopic (exact) mass is 466 g/mol. The molecule has 8 nitrogen and oxygen atoms in total. The predicted octanol–water partition coefficient (Wildman–Crippen LogP) is 2.57. The zero-order valence-corrected chi connectivity index (χ0v) is 20.4. The smallest absolute Gasteiger partial charge is 0.318 e. The summed E-state index contributed by atoms with van der Waals surface area (Å²) < 4.78 is 5.19. The van der Waals surface area contributed by atoms with Crippen LogP contribution < -0.4 is 20.6 Å². The van der Waals surface area contributed by atoms with Crippen LogP contribution in [-0.4, -0.2) is 56.3 Å². The number of nitrogens with zero attached hydrogens (tertiary/aromatic N) is 2. The Morgan fingerprint density at radius 1 is 1.21 bits per heavy atom. The number of urea groups is 1. The third-order valence-electron chi connectivity index (χ3n) is 5.65. The van der Waals surface area contributed by atoms with Gasteiger partial charge in [0.05, 0.1) is 32.9 Å². The Labute approximate surface area is 195 Å². The van der Waals surface area contributed by atoms with Crippen molar-refractivity contribution in [2.75, 3.05) is 25.5 Å². The number of hydrogen-bond acceptors (Lipinski definition) is 5. The van der Waals surface area contributed by atoms with Crippen LogP contribution in [0.4, 0.5) is 10.5 Å². The first-order valence-electron chi connectivity index (χ1n) is 10.9. The highest BCUT2D eigenvalue weighted by atomic mass is 28.3. The number of amides is 3. The van der Waals surface area contributed by atoms with E-state index in [0.717, 1.165) is 5.19 Å². The fraction of sp³-hybridized carbons (Fsp3) is 0.375. The van der Waals surface area contributed by atoms with Crippen LogP contribution in [0.3, 0.4) is 0 Å². The molecule has 3 amide bonds. The van der Waals surface area contributed by atoms with E-state index >= 15 is 0 Å². The summed E-state index contributed by atoms with van der Waals surface area (Å²) in [7, 11) is -0.166. The molecule has 1 aliphatic rings. The number of carbonyl (C=O) groups is 2. The Kier molecular flexibility index (Phi) is 7.41. The molecule has 174 valence electrons. The molecule has 1 fully saturated rings. The minimum absolute atomic E-state index is 0.229. The number of nitriles is 1. The van der Waals surface area contributed by atoms with Gasteiger partial charge in [0.25, 0.3) is 5.91 Å². The van der Waals surface area contributed by atoms with E-state index in [9.17, 15) is 20.0 Å². The van der Waals surface area contributed by atoms with Gasteiger partial charge >= 0.3 is 6.03 Å². The molecule has 2 atom stereocenters. The number of carbonyl (C=O) groups excluding carboxylic acids is 2. The Hall–Kier alpha value is -3.35. The molecule has 1 heterocycles. The zero-order valence-electron chi connectivity index (χ0n) is 19.4. The summed E-state index contributed by atoms with van der Waals surface area (Å²) in [5, 5.41) is 26.0. The average Bonchev–Trinajstić information content (AvgIpc) is 3.23. The van der Waals surface area contributed by atoms with Crippen molar-refractivity contribution in [2.24, 2.45) is 0 Å². The Bertz CT molecular complexity index is 1060. The molecule has 9 heteroatoms. The molecular formula is C24H30N4O4Si. The van der Waals surface area contributed by atoms with E-state index in [1.807, 2.05) is 6.07 Å². The van der Waals surface area contributed by atoms with Gasteiger partial charge in [0, 0.05) is 18.8 Å². The summed E-state index contributed by atoms with van der Waals surface area (Å²) in [6, 6.07) is 13.1. The molecule has 1 saturated heterocycles. The number of nitrogens with one attached hydrogen (secondary N) is 2. The van der Waals surface area contributed by atoms with Crippen LogP contribution in [0.2, 0.25) is 19.6 Å². The molecule has 1 aliphatic heterocycles. The molecule has 0 aliphatic carbocycles.